The van der Waals surface area contributed by atoms with Crippen LogP contribution >= 0.6 is 23.4 Å². The van der Waals surface area contributed by atoms with Gasteiger partial charge in [-0.05, 0) is 24.5 Å². The fraction of sp³-hybridized carbons (Fsp3) is 0.333. The largest absolute Gasteiger partial charge is 0.398 e. The molecular weight excluding hydrogens is 254 g/mol. The third-order valence-electron chi connectivity index (χ3n) is 1.89. The number of nitrogens with two attached hydrogens (primary N) is 1. The van der Waals surface area contributed by atoms with Crippen molar-refractivity contribution in [3.05, 3.63) is 23.2 Å². The third-order valence-corrected chi connectivity index (χ3v) is 4.80. The Bertz CT molecular complexity index is 445. The summed E-state index contributed by atoms with van der Waals surface area (Å²) in [5, 5.41) is 0.278. The van der Waals surface area contributed by atoms with Crippen molar-refractivity contribution in [3.8, 4) is 0 Å². The maximum absolute atomic E-state index is 11.7. The summed E-state index contributed by atoms with van der Waals surface area (Å²) in [6.45, 7) is 0. The van der Waals surface area contributed by atoms with Crippen LogP contribution < -0.4 is 5.73 Å². The fourth-order valence-corrected chi connectivity index (χ4v) is 3.61. The topological polar surface area (TPSA) is 60.2 Å². The van der Waals surface area contributed by atoms with Gasteiger partial charge in [0.05, 0.1) is 21.4 Å². The number of sulfone groups is 1. The van der Waals surface area contributed by atoms with Crippen molar-refractivity contribution in [2.24, 2.45) is 0 Å². The number of anilines is 1. The zero-order chi connectivity index (χ0) is 11.5. The Labute approximate surface area is 98.9 Å². The van der Waals surface area contributed by atoms with Gasteiger partial charge < -0.3 is 5.73 Å². The Balaban J connectivity index is 3.00. The predicted octanol–water partition coefficient (Wildman–Crippen LogP) is 2.06. The summed E-state index contributed by atoms with van der Waals surface area (Å²) in [6.07, 6.45) is 1.87. The van der Waals surface area contributed by atoms with Crippen molar-refractivity contribution < 1.29 is 8.42 Å². The van der Waals surface area contributed by atoms with E-state index in [4.69, 9.17) is 17.3 Å². The van der Waals surface area contributed by atoms with Gasteiger partial charge in [0.1, 0.15) is 0 Å². The minimum Gasteiger partial charge on any atom is -0.398 e. The van der Waals surface area contributed by atoms with Gasteiger partial charge in [-0.1, -0.05) is 11.6 Å². The van der Waals surface area contributed by atoms with Crippen LogP contribution in [0.15, 0.2) is 23.1 Å². The van der Waals surface area contributed by atoms with Crippen LogP contribution in [0.1, 0.15) is 0 Å². The number of rotatable bonds is 4. The highest BCUT2D eigenvalue weighted by Crippen LogP contribution is 2.23. The molecule has 1 rings (SSSR count). The molecule has 0 aromatic heterocycles. The summed E-state index contributed by atoms with van der Waals surface area (Å²) in [6, 6.07) is 4.39. The fourth-order valence-electron chi connectivity index (χ4n) is 1.01. The maximum Gasteiger partial charge on any atom is 0.179 e. The second-order valence-electron chi connectivity index (χ2n) is 2.99. The van der Waals surface area contributed by atoms with Crippen LogP contribution in [-0.2, 0) is 9.84 Å². The molecular formula is C9H12ClNO2S2. The lowest BCUT2D eigenvalue weighted by atomic mass is 10.3. The van der Waals surface area contributed by atoms with Gasteiger partial charge in [0.2, 0.25) is 0 Å². The molecule has 0 amide bonds. The highest BCUT2D eigenvalue weighted by atomic mass is 35.5. The quantitative estimate of drug-likeness (QED) is 0.847. The molecule has 0 fully saturated rings. The highest BCUT2D eigenvalue weighted by molar-refractivity contribution is 8.00. The molecule has 0 radical (unpaired) electrons. The van der Waals surface area contributed by atoms with Crippen LogP contribution in [0.5, 0.6) is 0 Å². The average molecular weight is 266 g/mol. The average Bonchev–Trinajstić information content (AvgIpc) is 2.19. The molecule has 0 aliphatic heterocycles. The monoisotopic (exact) mass is 265 g/mol. The Morgan fingerprint density at radius 2 is 2.13 bits per heavy atom. The van der Waals surface area contributed by atoms with Gasteiger partial charge in [-0.25, -0.2) is 8.42 Å². The highest BCUT2D eigenvalue weighted by Gasteiger charge is 2.14. The molecule has 6 heteroatoms. The second-order valence-corrected chi connectivity index (χ2v) is 6.50. The normalized spacial score (nSPS) is 11.6. The van der Waals surface area contributed by atoms with Gasteiger partial charge in [-0.3, -0.25) is 0 Å². The minimum absolute atomic E-state index is 0.119. The molecule has 0 heterocycles. The zero-order valence-electron chi connectivity index (χ0n) is 8.23. The summed E-state index contributed by atoms with van der Waals surface area (Å²) >= 11 is 7.25. The lowest BCUT2D eigenvalue weighted by Gasteiger charge is -2.05. The molecule has 0 spiro atoms. The lowest BCUT2D eigenvalue weighted by molar-refractivity contribution is 0.597. The number of hydrogen-bond donors (Lipinski definition) is 1. The van der Waals surface area contributed by atoms with E-state index >= 15 is 0 Å². The summed E-state index contributed by atoms with van der Waals surface area (Å²) < 4.78 is 23.5. The van der Waals surface area contributed by atoms with E-state index in [0.29, 0.717) is 11.4 Å². The number of halogens is 1. The van der Waals surface area contributed by atoms with Gasteiger partial charge in [-0.15, -0.1) is 0 Å². The van der Waals surface area contributed by atoms with Gasteiger partial charge in [0.15, 0.2) is 9.84 Å². The van der Waals surface area contributed by atoms with Crippen molar-refractivity contribution in [1.29, 1.82) is 0 Å². The SMILES string of the molecule is CSCCS(=O)(=O)c1ccc(N)c(Cl)c1. The van der Waals surface area contributed by atoms with Gasteiger partial charge in [0.25, 0.3) is 0 Å². The first kappa shape index (κ1) is 12.7. The summed E-state index contributed by atoms with van der Waals surface area (Å²) in [7, 11) is -3.22. The molecule has 2 N–H and O–H groups in total. The summed E-state index contributed by atoms with van der Waals surface area (Å²) in [5.74, 6) is 0.693. The number of nitrogen functional groups attached to an aromatic ring is 1. The molecule has 1 aromatic rings. The van der Waals surface area contributed by atoms with Crippen molar-refractivity contribution in [3.63, 3.8) is 0 Å². The predicted molar refractivity (Wildman–Crippen MR) is 66.3 cm³/mol. The standard InChI is InChI=1S/C9H12ClNO2S2/c1-14-4-5-15(12,13)7-2-3-9(11)8(10)6-7/h2-3,6H,4-5,11H2,1H3. The Morgan fingerprint density at radius 1 is 1.47 bits per heavy atom. The van der Waals surface area contributed by atoms with E-state index in [0.717, 1.165) is 0 Å². The van der Waals surface area contributed by atoms with Crippen molar-refractivity contribution in [2.75, 3.05) is 23.5 Å². The number of thioether (sulfide) groups is 1. The van der Waals surface area contributed by atoms with E-state index < -0.39 is 9.84 Å². The minimum atomic E-state index is -3.22. The van der Waals surface area contributed by atoms with E-state index in [2.05, 4.69) is 0 Å². The number of hydrogen-bond acceptors (Lipinski definition) is 4. The second kappa shape index (κ2) is 5.09. The number of benzene rings is 1. The molecule has 0 saturated heterocycles. The van der Waals surface area contributed by atoms with Crippen molar-refractivity contribution in [2.45, 2.75) is 4.90 Å². The summed E-state index contributed by atoms with van der Waals surface area (Å²) in [5.41, 5.74) is 5.89. The molecule has 3 nitrogen and oxygen atoms in total. The molecule has 0 aliphatic carbocycles. The van der Waals surface area contributed by atoms with Gasteiger partial charge in [0, 0.05) is 5.75 Å². The first-order valence-electron chi connectivity index (χ1n) is 4.24. The Hall–Kier alpha value is -0.390. The smallest absolute Gasteiger partial charge is 0.179 e. The van der Waals surface area contributed by atoms with E-state index in [1.54, 1.807) is 0 Å². The van der Waals surface area contributed by atoms with Crippen LogP contribution in [0.4, 0.5) is 5.69 Å². The maximum atomic E-state index is 11.7. The zero-order valence-corrected chi connectivity index (χ0v) is 10.6. The molecule has 84 valence electrons. The Morgan fingerprint density at radius 3 is 2.67 bits per heavy atom. The molecule has 0 aliphatic rings. The Kier molecular flexibility index (Phi) is 4.31. The first-order chi connectivity index (χ1) is 6.97. The van der Waals surface area contributed by atoms with Crippen molar-refractivity contribution in [1.82, 2.24) is 0 Å². The molecule has 0 bridgehead atoms. The van der Waals surface area contributed by atoms with Gasteiger partial charge in [-0.2, -0.15) is 11.8 Å². The van der Waals surface area contributed by atoms with Crippen molar-refractivity contribution >= 4 is 38.9 Å². The summed E-state index contributed by atoms with van der Waals surface area (Å²) in [4.78, 5) is 0.232. The third kappa shape index (κ3) is 3.29. The molecule has 0 saturated carbocycles. The van der Waals surface area contributed by atoms with Gasteiger partial charge >= 0.3 is 0 Å². The first-order valence-corrected chi connectivity index (χ1v) is 7.66. The van der Waals surface area contributed by atoms with E-state index in [9.17, 15) is 8.42 Å². The molecule has 0 atom stereocenters. The van der Waals surface area contributed by atoms with Crippen LogP contribution in [0.2, 0.25) is 5.02 Å². The van der Waals surface area contributed by atoms with E-state index in [-0.39, 0.29) is 15.7 Å². The van der Waals surface area contributed by atoms with Crippen LogP contribution in [0.3, 0.4) is 0 Å². The van der Waals surface area contributed by atoms with Crippen LogP contribution in [0.25, 0.3) is 0 Å². The lowest BCUT2D eigenvalue weighted by Crippen LogP contribution is -2.08. The van der Waals surface area contributed by atoms with E-state index in [1.807, 2.05) is 6.26 Å². The molecule has 15 heavy (non-hydrogen) atoms. The molecule has 0 unspecified atom stereocenters. The van der Waals surface area contributed by atoms with Crippen LogP contribution in [-0.4, -0.2) is 26.2 Å². The van der Waals surface area contributed by atoms with E-state index in [1.165, 1.54) is 30.0 Å². The van der Waals surface area contributed by atoms with Crippen LogP contribution in [0, 0.1) is 0 Å². The molecule has 1 aromatic carbocycles.